The van der Waals surface area contributed by atoms with Gasteiger partial charge in [0.1, 0.15) is 11.9 Å². The molecule has 1 aromatic heterocycles. The van der Waals surface area contributed by atoms with Crippen LogP contribution in [0.2, 0.25) is 0 Å². The molecule has 1 aliphatic heterocycles. The van der Waals surface area contributed by atoms with E-state index in [2.05, 4.69) is 0 Å². The first-order valence-corrected chi connectivity index (χ1v) is 8.31. The van der Waals surface area contributed by atoms with Crippen molar-refractivity contribution in [3.63, 3.8) is 0 Å². The van der Waals surface area contributed by atoms with E-state index in [4.69, 9.17) is 0 Å². The summed E-state index contributed by atoms with van der Waals surface area (Å²) in [7, 11) is 1.61. The van der Waals surface area contributed by atoms with E-state index in [-0.39, 0.29) is 24.8 Å². The number of hydrogen-bond donors (Lipinski definition) is 1. The topological polar surface area (TPSA) is 60.9 Å². The van der Waals surface area contributed by atoms with E-state index in [1.165, 1.54) is 28.4 Å². The van der Waals surface area contributed by atoms with E-state index in [0.29, 0.717) is 6.54 Å². The summed E-state index contributed by atoms with van der Waals surface area (Å²) in [6.45, 7) is 0.646. The monoisotopic (exact) mass is 348 g/mol. The van der Waals surface area contributed by atoms with Gasteiger partial charge in [-0.3, -0.25) is 14.5 Å². The molecular formula is C17H17FN2O3S. The predicted molar refractivity (Wildman–Crippen MR) is 89.2 cm³/mol. The summed E-state index contributed by atoms with van der Waals surface area (Å²) in [4.78, 5) is 28.3. The van der Waals surface area contributed by atoms with Gasteiger partial charge in [-0.05, 0) is 29.8 Å². The van der Waals surface area contributed by atoms with Crippen LogP contribution >= 0.6 is 11.3 Å². The lowest BCUT2D eigenvalue weighted by atomic mass is 10.1. The number of carboxylic acid groups (broad SMARTS) is 1. The normalized spacial score (nSPS) is 18.8. The largest absolute Gasteiger partial charge is 0.480 e. The van der Waals surface area contributed by atoms with E-state index in [1.54, 1.807) is 18.0 Å². The first kappa shape index (κ1) is 16.6. The Morgan fingerprint density at radius 1 is 1.38 bits per heavy atom. The second kappa shape index (κ2) is 6.70. The third-order valence-corrected chi connectivity index (χ3v) is 5.19. The van der Waals surface area contributed by atoms with Crippen LogP contribution in [0.1, 0.15) is 4.88 Å². The Morgan fingerprint density at radius 2 is 2.17 bits per heavy atom. The van der Waals surface area contributed by atoms with Crippen molar-refractivity contribution in [2.45, 2.75) is 12.6 Å². The lowest BCUT2D eigenvalue weighted by Gasteiger charge is -2.36. The average molecular weight is 348 g/mol. The van der Waals surface area contributed by atoms with Gasteiger partial charge in [-0.2, -0.15) is 0 Å². The van der Waals surface area contributed by atoms with Crippen LogP contribution in [-0.4, -0.2) is 53.0 Å². The Hall–Kier alpha value is -2.25. The van der Waals surface area contributed by atoms with Crippen LogP contribution in [-0.2, 0) is 16.1 Å². The number of rotatable bonds is 4. The van der Waals surface area contributed by atoms with Gasteiger partial charge in [0.15, 0.2) is 0 Å². The molecule has 1 N–H and O–H groups in total. The van der Waals surface area contributed by atoms with Crippen LogP contribution in [0.3, 0.4) is 0 Å². The van der Waals surface area contributed by atoms with Gasteiger partial charge < -0.3 is 10.0 Å². The summed E-state index contributed by atoms with van der Waals surface area (Å²) in [5.74, 6) is -1.32. The van der Waals surface area contributed by atoms with Gasteiger partial charge in [0.25, 0.3) is 0 Å². The lowest BCUT2D eigenvalue weighted by Crippen LogP contribution is -2.57. The Balaban J connectivity index is 1.78. The molecule has 2 heterocycles. The summed E-state index contributed by atoms with van der Waals surface area (Å²) in [6.07, 6.45) is 0. The fourth-order valence-corrected chi connectivity index (χ4v) is 3.77. The Bertz CT molecular complexity index is 777. The van der Waals surface area contributed by atoms with Crippen LogP contribution in [0.15, 0.2) is 36.4 Å². The van der Waals surface area contributed by atoms with Crippen molar-refractivity contribution >= 4 is 23.2 Å². The molecule has 0 saturated carbocycles. The van der Waals surface area contributed by atoms with Crippen molar-refractivity contribution < 1.29 is 19.1 Å². The lowest BCUT2D eigenvalue weighted by molar-refractivity contribution is -0.151. The summed E-state index contributed by atoms with van der Waals surface area (Å²) in [6, 6.07) is 9.42. The first-order valence-electron chi connectivity index (χ1n) is 7.49. The molecule has 0 aliphatic carbocycles. The molecule has 24 heavy (non-hydrogen) atoms. The van der Waals surface area contributed by atoms with E-state index >= 15 is 0 Å². The number of halogens is 1. The average Bonchev–Trinajstić information content (AvgIpc) is 2.99. The van der Waals surface area contributed by atoms with Crippen molar-refractivity contribution in [3.8, 4) is 10.4 Å². The molecule has 1 saturated heterocycles. The van der Waals surface area contributed by atoms with E-state index in [9.17, 15) is 19.1 Å². The minimum Gasteiger partial charge on any atom is -0.480 e. The summed E-state index contributed by atoms with van der Waals surface area (Å²) in [5, 5.41) is 9.39. The van der Waals surface area contributed by atoms with E-state index in [1.807, 2.05) is 18.2 Å². The molecule has 1 aliphatic rings. The molecule has 7 heteroatoms. The van der Waals surface area contributed by atoms with E-state index < -0.39 is 12.0 Å². The summed E-state index contributed by atoms with van der Waals surface area (Å²) >= 11 is 1.48. The molecular weight excluding hydrogens is 331 g/mol. The van der Waals surface area contributed by atoms with Gasteiger partial charge >= 0.3 is 5.97 Å². The predicted octanol–water partition coefficient (Wildman–Crippen LogP) is 2.28. The van der Waals surface area contributed by atoms with Crippen LogP contribution < -0.4 is 0 Å². The minimum absolute atomic E-state index is 0.0840. The van der Waals surface area contributed by atoms with Crippen LogP contribution in [0, 0.1) is 5.82 Å². The second-order valence-electron chi connectivity index (χ2n) is 5.81. The molecule has 5 nitrogen and oxygen atoms in total. The number of carboxylic acids is 1. The number of amides is 1. The zero-order valence-corrected chi connectivity index (χ0v) is 13.9. The van der Waals surface area contributed by atoms with Crippen molar-refractivity contribution in [2.75, 3.05) is 20.1 Å². The molecule has 126 valence electrons. The van der Waals surface area contributed by atoms with Crippen LogP contribution in [0.4, 0.5) is 4.39 Å². The number of carbonyl (C=O) groups is 2. The number of hydrogen-bond acceptors (Lipinski definition) is 4. The van der Waals surface area contributed by atoms with Gasteiger partial charge in [-0.15, -0.1) is 11.3 Å². The molecule has 0 spiro atoms. The summed E-state index contributed by atoms with van der Waals surface area (Å²) < 4.78 is 13.3. The highest BCUT2D eigenvalue weighted by molar-refractivity contribution is 7.15. The van der Waals surface area contributed by atoms with Crippen LogP contribution in [0.25, 0.3) is 10.4 Å². The number of aliphatic carboxylic acids is 1. The quantitative estimate of drug-likeness (QED) is 0.921. The maximum atomic E-state index is 13.3. The molecule has 3 rings (SSSR count). The number of likely N-dealkylation sites (N-methyl/N-ethyl adjacent to an activating group) is 1. The highest BCUT2D eigenvalue weighted by Crippen LogP contribution is 2.30. The maximum absolute atomic E-state index is 13.3. The molecule has 0 radical (unpaired) electrons. The summed E-state index contributed by atoms with van der Waals surface area (Å²) in [5.41, 5.74) is 0.787. The third-order valence-electron chi connectivity index (χ3n) is 4.07. The Morgan fingerprint density at radius 3 is 2.88 bits per heavy atom. The fourth-order valence-electron chi connectivity index (χ4n) is 2.74. The number of piperazine rings is 1. The third kappa shape index (κ3) is 3.47. The smallest absolute Gasteiger partial charge is 0.322 e. The fraction of sp³-hybridized carbons (Fsp3) is 0.294. The van der Waals surface area contributed by atoms with Gasteiger partial charge in [0, 0.05) is 29.9 Å². The second-order valence-corrected chi connectivity index (χ2v) is 6.98. The van der Waals surface area contributed by atoms with Gasteiger partial charge in [0.05, 0.1) is 6.54 Å². The maximum Gasteiger partial charge on any atom is 0.322 e. The zero-order valence-electron chi connectivity index (χ0n) is 13.1. The standard InChI is InChI=1S/C17H17FN2O3S/c1-19-9-14(17(22)23)20(10-16(19)21)8-13-5-6-15(24-13)11-3-2-4-12(18)7-11/h2-7,14H,8-10H2,1H3,(H,22,23). The minimum atomic E-state index is -0.934. The van der Waals surface area contributed by atoms with Gasteiger partial charge in [0.2, 0.25) is 5.91 Å². The SMILES string of the molecule is CN1CC(C(=O)O)N(Cc2ccc(-c3cccc(F)c3)s2)CC1=O. The number of carbonyl (C=O) groups excluding carboxylic acids is 1. The molecule has 2 aromatic rings. The Kier molecular flexibility index (Phi) is 4.64. The van der Waals surface area contributed by atoms with Crippen molar-refractivity contribution in [3.05, 3.63) is 47.1 Å². The molecule has 1 atom stereocenters. The van der Waals surface area contributed by atoms with Crippen LogP contribution in [0.5, 0.6) is 0 Å². The number of thiophene rings is 1. The Labute approximate surface area is 142 Å². The first-order chi connectivity index (χ1) is 11.4. The molecule has 1 unspecified atom stereocenters. The molecule has 1 amide bonds. The van der Waals surface area contributed by atoms with Crippen molar-refractivity contribution in [1.29, 1.82) is 0 Å². The highest BCUT2D eigenvalue weighted by atomic mass is 32.1. The van der Waals surface area contributed by atoms with E-state index in [0.717, 1.165) is 15.3 Å². The van der Waals surface area contributed by atoms with Crippen molar-refractivity contribution in [1.82, 2.24) is 9.80 Å². The molecule has 1 fully saturated rings. The van der Waals surface area contributed by atoms with Gasteiger partial charge in [-0.1, -0.05) is 12.1 Å². The zero-order chi connectivity index (χ0) is 17.3. The molecule has 1 aromatic carbocycles. The highest BCUT2D eigenvalue weighted by Gasteiger charge is 2.34. The number of benzene rings is 1. The number of nitrogens with zero attached hydrogens (tertiary/aromatic N) is 2. The van der Waals surface area contributed by atoms with Crippen molar-refractivity contribution in [2.24, 2.45) is 0 Å². The molecule has 0 bridgehead atoms. The van der Waals surface area contributed by atoms with Gasteiger partial charge in [-0.25, -0.2) is 4.39 Å².